The molecular formula is C21H23N3O3. The van der Waals surface area contributed by atoms with Gasteiger partial charge in [0.05, 0.1) is 0 Å². The molecule has 1 aliphatic carbocycles. The van der Waals surface area contributed by atoms with Gasteiger partial charge >= 0.3 is 0 Å². The van der Waals surface area contributed by atoms with Crippen molar-refractivity contribution in [2.45, 2.75) is 33.1 Å². The molecule has 2 aromatic carbocycles. The molecule has 0 unspecified atom stereocenters. The molecule has 0 radical (unpaired) electrons. The Kier molecular flexibility index (Phi) is 5.26. The molecule has 6 heteroatoms. The minimum atomic E-state index is -1.01. The van der Waals surface area contributed by atoms with Gasteiger partial charge in [-0.2, -0.15) is 0 Å². The van der Waals surface area contributed by atoms with Gasteiger partial charge in [-0.1, -0.05) is 19.1 Å². The summed E-state index contributed by atoms with van der Waals surface area (Å²) in [6.07, 6.45) is 1.99. The summed E-state index contributed by atoms with van der Waals surface area (Å²) < 4.78 is 0. The summed E-state index contributed by atoms with van der Waals surface area (Å²) in [5.74, 6) is -0.746. The van der Waals surface area contributed by atoms with E-state index in [0.29, 0.717) is 29.9 Å². The predicted molar refractivity (Wildman–Crippen MR) is 105 cm³/mol. The van der Waals surface area contributed by atoms with Crippen LogP contribution in [-0.4, -0.2) is 17.7 Å². The van der Waals surface area contributed by atoms with Crippen LogP contribution in [0.3, 0.4) is 0 Å². The van der Waals surface area contributed by atoms with E-state index in [1.54, 1.807) is 24.3 Å². The first-order valence-corrected chi connectivity index (χ1v) is 9.02. The fraction of sp³-hybridized carbons (Fsp3) is 0.286. The Morgan fingerprint density at radius 2 is 1.19 bits per heavy atom. The highest BCUT2D eigenvalue weighted by molar-refractivity contribution is 6.16. The van der Waals surface area contributed by atoms with Gasteiger partial charge in [0.25, 0.3) is 0 Å². The fourth-order valence-electron chi connectivity index (χ4n) is 2.85. The third-order valence-corrected chi connectivity index (χ3v) is 4.70. The lowest BCUT2D eigenvalue weighted by Crippen LogP contribution is -2.35. The zero-order valence-corrected chi connectivity index (χ0v) is 15.5. The molecule has 27 heavy (non-hydrogen) atoms. The van der Waals surface area contributed by atoms with Crippen molar-refractivity contribution in [3.63, 3.8) is 0 Å². The summed E-state index contributed by atoms with van der Waals surface area (Å²) in [6.45, 7) is 3.50. The number of hydrogen-bond donors (Lipinski definition) is 3. The van der Waals surface area contributed by atoms with Gasteiger partial charge in [-0.05, 0) is 61.2 Å². The Bertz CT molecular complexity index is 853. The maximum atomic E-state index is 12.6. The van der Waals surface area contributed by atoms with Gasteiger partial charge in [0.1, 0.15) is 5.41 Å². The van der Waals surface area contributed by atoms with Gasteiger partial charge in [-0.3, -0.25) is 14.4 Å². The topological polar surface area (TPSA) is 87.3 Å². The maximum absolute atomic E-state index is 12.6. The van der Waals surface area contributed by atoms with Crippen LogP contribution in [0.5, 0.6) is 0 Å². The standard InChI is InChI=1S/C21H23N3O3/c1-3-15-4-6-17(7-5-15)23-19(26)21(12-13-21)20(27)24-18-10-8-16(9-11-18)22-14(2)25/h4-11H,3,12-13H2,1-2H3,(H,22,25)(H,23,26)(H,24,27). The lowest BCUT2D eigenvalue weighted by atomic mass is 10.0. The first-order valence-electron chi connectivity index (χ1n) is 9.02. The highest BCUT2D eigenvalue weighted by atomic mass is 16.2. The summed E-state index contributed by atoms with van der Waals surface area (Å²) in [5.41, 5.74) is 2.10. The molecule has 6 nitrogen and oxygen atoms in total. The molecule has 1 saturated carbocycles. The van der Waals surface area contributed by atoms with Crippen molar-refractivity contribution < 1.29 is 14.4 Å². The summed E-state index contributed by atoms with van der Waals surface area (Å²) in [7, 11) is 0. The van der Waals surface area contributed by atoms with E-state index < -0.39 is 5.41 Å². The number of carbonyl (C=O) groups is 3. The highest BCUT2D eigenvalue weighted by Gasteiger charge is 2.56. The van der Waals surface area contributed by atoms with E-state index in [-0.39, 0.29) is 17.7 Å². The van der Waals surface area contributed by atoms with Crippen LogP contribution in [-0.2, 0) is 20.8 Å². The van der Waals surface area contributed by atoms with Gasteiger partial charge in [-0.15, -0.1) is 0 Å². The van der Waals surface area contributed by atoms with E-state index in [1.807, 2.05) is 24.3 Å². The zero-order valence-electron chi connectivity index (χ0n) is 15.5. The van der Waals surface area contributed by atoms with Gasteiger partial charge in [0.15, 0.2) is 0 Å². The molecule has 0 heterocycles. The fourth-order valence-corrected chi connectivity index (χ4v) is 2.85. The molecule has 0 saturated heterocycles. The van der Waals surface area contributed by atoms with Crippen LogP contribution in [0.4, 0.5) is 17.1 Å². The number of benzene rings is 2. The van der Waals surface area contributed by atoms with Crippen LogP contribution in [0.15, 0.2) is 48.5 Å². The number of nitrogens with one attached hydrogen (secondary N) is 3. The van der Waals surface area contributed by atoms with Crippen LogP contribution in [0.25, 0.3) is 0 Å². The highest BCUT2D eigenvalue weighted by Crippen LogP contribution is 2.47. The smallest absolute Gasteiger partial charge is 0.240 e. The number of aryl methyl sites for hydroxylation is 1. The predicted octanol–water partition coefficient (Wildman–Crippen LogP) is 3.56. The molecule has 3 N–H and O–H groups in total. The van der Waals surface area contributed by atoms with Crippen molar-refractivity contribution in [3.8, 4) is 0 Å². The number of hydrogen-bond acceptors (Lipinski definition) is 3. The van der Waals surface area contributed by atoms with E-state index in [9.17, 15) is 14.4 Å². The Hall–Kier alpha value is -3.15. The number of rotatable bonds is 6. The van der Waals surface area contributed by atoms with E-state index in [1.165, 1.54) is 12.5 Å². The average Bonchev–Trinajstić information content (AvgIpc) is 3.46. The van der Waals surface area contributed by atoms with E-state index in [2.05, 4.69) is 22.9 Å². The quantitative estimate of drug-likeness (QED) is 0.684. The first kappa shape index (κ1) is 18.6. The summed E-state index contributed by atoms with van der Waals surface area (Å²) in [4.78, 5) is 36.3. The van der Waals surface area contributed by atoms with Crippen molar-refractivity contribution in [3.05, 3.63) is 54.1 Å². The lowest BCUT2D eigenvalue weighted by molar-refractivity contribution is -0.131. The molecule has 1 fully saturated rings. The van der Waals surface area contributed by atoms with E-state index in [4.69, 9.17) is 0 Å². The first-order chi connectivity index (χ1) is 12.9. The number of amides is 3. The van der Waals surface area contributed by atoms with Gasteiger partial charge in [0, 0.05) is 24.0 Å². The van der Waals surface area contributed by atoms with Crippen molar-refractivity contribution in [2.75, 3.05) is 16.0 Å². The van der Waals surface area contributed by atoms with Crippen LogP contribution in [0.1, 0.15) is 32.3 Å². The summed E-state index contributed by atoms with van der Waals surface area (Å²) in [5, 5.41) is 8.31. The third kappa shape index (κ3) is 4.34. The monoisotopic (exact) mass is 365 g/mol. The van der Waals surface area contributed by atoms with Crippen molar-refractivity contribution in [2.24, 2.45) is 5.41 Å². The number of carbonyl (C=O) groups excluding carboxylic acids is 3. The lowest BCUT2D eigenvalue weighted by Gasteiger charge is -2.16. The summed E-state index contributed by atoms with van der Waals surface area (Å²) >= 11 is 0. The van der Waals surface area contributed by atoms with Gasteiger partial charge in [0.2, 0.25) is 17.7 Å². The second kappa shape index (κ2) is 7.61. The molecule has 3 amide bonds. The molecule has 0 aromatic heterocycles. The van der Waals surface area contributed by atoms with Gasteiger partial charge < -0.3 is 16.0 Å². The minimum Gasteiger partial charge on any atom is -0.326 e. The Labute approximate surface area is 158 Å². The Morgan fingerprint density at radius 3 is 1.56 bits per heavy atom. The molecule has 0 atom stereocenters. The summed E-state index contributed by atoms with van der Waals surface area (Å²) in [6, 6.07) is 14.4. The van der Waals surface area contributed by atoms with E-state index in [0.717, 1.165) is 6.42 Å². The average molecular weight is 365 g/mol. The molecular weight excluding hydrogens is 342 g/mol. The van der Waals surface area contributed by atoms with Crippen molar-refractivity contribution in [1.29, 1.82) is 0 Å². The van der Waals surface area contributed by atoms with Crippen LogP contribution >= 0.6 is 0 Å². The number of anilines is 3. The molecule has 0 aliphatic heterocycles. The maximum Gasteiger partial charge on any atom is 0.240 e. The van der Waals surface area contributed by atoms with Crippen LogP contribution in [0.2, 0.25) is 0 Å². The molecule has 3 rings (SSSR count). The molecule has 0 spiro atoms. The van der Waals surface area contributed by atoms with Crippen LogP contribution in [0, 0.1) is 5.41 Å². The van der Waals surface area contributed by atoms with Crippen LogP contribution < -0.4 is 16.0 Å². The zero-order chi connectivity index (χ0) is 19.4. The molecule has 0 bridgehead atoms. The second-order valence-corrected chi connectivity index (χ2v) is 6.80. The Balaban J connectivity index is 1.62. The van der Waals surface area contributed by atoms with Crippen molar-refractivity contribution >= 4 is 34.8 Å². The van der Waals surface area contributed by atoms with E-state index >= 15 is 0 Å². The second-order valence-electron chi connectivity index (χ2n) is 6.80. The molecule has 1 aliphatic rings. The molecule has 2 aromatic rings. The van der Waals surface area contributed by atoms with Gasteiger partial charge in [-0.25, -0.2) is 0 Å². The Morgan fingerprint density at radius 1 is 0.778 bits per heavy atom. The molecule has 140 valence electrons. The third-order valence-electron chi connectivity index (χ3n) is 4.70. The normalized spacial score (nSPS) is 14.1. The SMILES string of the molecule is CCc1ccc(NC(=O)C2(C(=O)Nc3ccc(NC(C)=O)cc3)CC2)cc1. The van der Waals surface area contributed by atoms with Crippen molar-refractivity contribution in [1.82, 2.24) is 0 Å². The minimum absolute atomic E-state index is 0.160. The largest absolute Gasteiger partial charge is 0.326 e.